The molecule has 16 N–H and O–H groups in total. The minimum atomic E-state index is -2.92. The molecule has 24 heavy (non-hydrogen) atoms. The third-order valence-electron chi connectivity index (χ3n) is 0. The Labute approximate surface area is 134 Å². The summed E-state index contributed by atoms with van der Waals surface area (Å²) in [6.45, 7) is 0. The first-order valence-electron chi connectivity index (χ1n) is 2.83. The molecular weight excluding hydrogens is 363 g/mol. The van der Waals surface area contributed by atoms with Crippen LogP contribution in [0.15, 0.2) is 0 Å². The van der Waals surface area contributed by atoms with Crippen LogP contribution in [0.3, 0.4) is 0 Å². The molecule has 0 spiro atoms. The van der Waals surface area contributed by atoms with Crippen LogP contribution in [0.5, 0.6) is 0 Å². The van der Waals surface area contributed by atoms with Crippen LogP contribution in [0.1, 0.15) is 0 Å². The van der Waals surface area contributed by atoms with E-state index >= 15 is 0 Å². The molecule has 24 heteroatoms. The standard InChI is InChI=1S/4BO3.8H2O/c4*2-1(3)4;;;;;;;;/h;;;;8*1H2/q4*-3;;;;;;;;. The van der Waals surface area contributed by atoms with Crippen molar-refractivity contribution in [2.75, 3.05) is 0 Å². The first-order chi connectivity index (χ1) is 6.93. The van der Waals surface area contributed by atoms with Crippen molar-refractivity contribution in [2.45, 2.75) is 0 Å². The number of hydrogen-bond donors (Lipinski definition) is 0. The Balaban J connectivity index is -0.00000000720. The third kappa shape index (κ3) is 30800. The normalized spacial score (nSPS) is 4.50. The summed E-state index contributed by atoms with van der Waals surface area (Å²) < 4.78 is 0. The smallest absolute Gasteiger partial charge is 0.278 e. The molecule has 0 unspecified atom stereocenters. The topological polar surface area (TPSA) is 529 Å². The van der Waals surface area contributed by atoms with Crippen LogP contribution < -0.4 is 60.3 Å². The Morgan fingerprint density at radius 3 is 0.208 bits per heavy atom. The van der Waals surface area contributed by atoms with Gasteiger partial charge in [0.2, 0.25) is 0 Å². The summed E-state index contributed by atoms with van der Waals surface area (Å²) in [5, 5.41) is 101. The fourth-order valence-corrected chi connectivity index (χ4v) is 0. The van der Waals surface area contributed by atoms with E-state index in [0.717, 1.165) is 0 Å². The largest absolute Gasteiger partial charge is 0.907 e. The molecule has 160 valence electrons. The lowest BCUT2D eigenvalue weighted by molar-refractivity contribution is -0.481. The SMILES string of the molecule is O.O.O.O.O.O.O.O.[O-]B([O-])[O-].[O-]B([O-])[O-].[O-]B([O-])[O-].[O-]B([O-])[O-]. The summed E-state index contributed by atoms with van der Waals surface area (Å²) in [5.41, 5.74) is 0. The van der Waals surface area contributed by atoms with E-state index in [9.17, 15) is 0 Å². The van der Waals surface area contributed by atoms with Crippen molar-refractivity contribution in [3.63, 3.8) is 0 Å². The van der Waals surface area contributed by atoms with Crippen LogP contribution in [-0.4, -0.2) is 73.1 Å². The highest BCUT2D eigenvalue weighted by atomic mass is 16.5. The average Bonchev–Trinajstić information content (AvgIpc) is 1.76. The summed E-state index contributed by atoms with van der Waals surface area (Å²) in [7, 11) is -11.7. The highest BCUT2D eigenvalue weighted by Gasteiger charge is 1.18. The van der Waals surface area contributed by atoms with Gasteiger partial charge in [-0.3, -0.25) is 29.3 Å². The van der Waals surface area contributed by atoms with Gasteiger partial charge in [-0.25, -0.2) is 0 Å². The molecule has 0 heterocycles. The van der Waals surface area contributed by atoms with Crippen molar-refractivity contribution in [2.24, 2.45) is 0 Å². The van der Waals surface area contributed by atoms with Gasteiger partial charge in [-0.15, -0.1) is 0 Å². The summed E-state index contributed by atoms with van der Waals surface area (Å²) >= 11 is 0. The van der Waals surface area contributed by atoms with E-state index in [1.54, 1.807) is 0 Å². The molecule has 0 aromatic rings. The Morgan fingerprint density at radius 1 is 0.208 bits per heavy atom. The van der Waals surface area contributed by atoms with Gasteiger partial charge in [-0.05, 0) is 0 Å². The zero-order valence-corrected chi connectivity index (χ0v) is 11.2. The maximum Gasteiger partial charge on any atom is -0.278 e. The Morgan fingerprint density at radius 2 is 0.208 bits per heavy atom. The second-order valence-electron chi connectivity index (χ2n) is 1.15. The lowest BCUT2D eigenvalue weighted by atomic mass is 10.3. The van der Waals surface area contributed by atoms with E-state index in [1.807, 2.05) is 0 Å². The Hall–Kier alpha value is -0.540. The second kappa shape index (κ2) is 78.8. The fraction of sp³-hybridized carbons (Fsp3) is 0. The van der Waals surface area contributed by atoms with E-state index in [1.165, 1.54) is 0 Å². The van der Waals surface area contributed by atoms with Gasteiger partial charge in [-0.1, -0.05) is 0 Å². The van der Waals surface area contributed by atoms with Gasteiger partial charge >= 0.3 is 0 Å². The van der Waals surface area contributed by atoms with E-state index in [-0.39, 0.29) is 43.8 Å². The van der Waals surface area contributed by atoms with Crippen LogP contribution in [0.25, 0.3) is 0 Å². The molecular formula is H16B4O20-12. The zero-order chi connectivity index (χ0) is 14.3. The van der Waals surface area contributed by atoms with Crippen molar-refractivity contribution in [3.8, 4) is 0 Å². The maximum atomic E-state index is 8.42. The van der Waals surface area contributed by atoms with Crippen molar-refractivity contribution in [1.82, 2.24) is 0 Å². The van der Waals surface area contributed by atoms with Gasteiger partial charge in [0.1, 0.15) is 0 Å². The number of hydrogen-bond acceptors (Lipinski definition) is 12. The highest BCUT2D eigenvalue weighted by molar-refractivity contribution is 6.24. The molecule has 20 nitrogen and oxygen atoms in total. The zero-order valence-electron chi connectivity index (χ0n) is 11.2. The van der Waals surface area contributed by atoms with Crippen molar-refractivity contribution in [1.29, 1.82) is 0 Å². The van der Waals surface area contributed by atoms with Crippen LogP contribution >= 0.6 is 0 Å². The van der Waals surface area contributed by atoms with Gasteiger partial charge in [-0.2, -0.15) is 0 Å². The second-order valence-corrected chi connectivity index (χ2v) is 1.15. The van der Waals surface area contributed by atoms with Gasteiger partial charge in [0.15, 0.2) is 0 Å². The molecule has 0 rings (SSSR count). The first-order valence-corrected chi connectivity index (χ1v) is 2.83. The molecule has 0 amide bonds. The summed E-state index contributed by atoms with van der Waals surface area (Å²) in [4.78, 5) is 0. The van der Waals surface area contributed by atoms with Gasteiger partial charge in [0.05, 0.1) is 0 Å². The molecule has 0 radical (unpaired) electrons. The lowest BCUT2D eigenvalue weighted by Gasteiger charge is -2.35. The van der Waals surface area contributed by atoms with Crippen LogP contribution in [-0.2, 0) is 0 Å². The molecule has 0 bridgehead atoms. The molecule has 0 aliphatic heterocycles. The van der Waals surface area contributed by atoms with Crippen molar-refractivity contribution >= 4 is 29.3 Å². The fourth-order valence-electron chi connectivity index (χ4n) is 0. The van der Waals surface area contributed by atoms with Crippen molar-refractivity contribution < 1.29 is 104 Å². The highest BCUT2D eigenvalue weighted by Crippen LogP contribution is 1.00. The van der Waals surface area contributed by atoms with E-state index in [4.69, 9.17) is 60.3 Å². The predicted molar refractivity (Wildman–Crippen MR) is 51.9 cm³/mol. The molecule has 0 aliphatic carbocycles. The third-order valence-corrected chi connectivity index (χ3v) is 0. The van der Waals surface area contributed by atoms with Crippen LogP contribution in [0.4, 0.5) is 0 Å². The Bertz CT molecular complexity index is 58.6. The molecule has 0 saturated carbocycles. The number of rotatable bonds is 0. The van der Waals surface area contributed by atoms with Gasteiger partial charge in [0, 0.05) is 0 Å². The van der Waals surface area contributed by atoms with E-state index in [0.29, 0.717) is 0 Å². The minimum absolute atomic E-state index is 0. The van der Waals surface area contributed by atoms with Crippen molar-refractivity contribution in [3.05, 3.63) is 0 Å². The first kappa shape index (κ1) is 90.1. The molecule has 0 fully saturated rings. The van der Waals surface area contributed by atoms with E-state index in [2.05, 4.69) is 0 Å². The van der Waals surface area contributed by atoms with Gasteiger partial charge in [0.25, 0.3) is 0 Å². The van der Waals surface area contributed by atoms with Gasteiger partial charge < -0.3 is 104 Å². The summed E-state index contributed by atoms with van der Waals surface area (Å²) in [5.74, 6) is 0. The molecule has 0 aliphatic rings. The molecule has 0 aromatic heterocycles. The molecule has 0 aromatic carbocycles. The molecule has 0 saturated heterocycles. The van der Waals surface area contributed by atoms with E-state index < -0.39 is 29.3 Å². The summed E-state index contributed by atoms with van der Waals surface area (Å²) in [6, 6.07) is 0. The lowest BCUT2D eigenvalue weighted by Crippen LogP contribution is -2.56. The minimum Gasteiger partial charge on any atom is -0.907 e. The average molecular weight is 379 g/mol. The summed E-state index contributed by atoms with van der Waals surface area (Å²) in [6.07, 6.45) is 0. The monoisotopic (exact) mass is 380 g/mol. The Kier molecular flexibility index (Phi) is 296. The maximum absolute atomic E-state index is 8.42. The van der Waals surface area contributed by atoms with Crippen LogP contribution in [0.2, 0.25) is 0 Å². The van der Waals surface area contributed by atoms with Crippen LogP contribution in [0, 0.1) is 0 Å². The molecule has 0 atom stereocenters. The quantitative estimate of drug-likeness (QED) is 0.353. The predicted octanol–water partition coefficient (Wildman–Crippen LogP) is -22.4.